The molecule has 4 nitrogen and oxygen atoms in total. The highest BCUT2D eigenvalue weighted by atomic mass is 79.9. The highest BCUT2D eigenvalue weighted by molar-refractivity contribution is 9.10. The Labute approximate surface area is 137 Å². The minimum absolute atomic E-state index is 0.188. The van der Waals surface area contributed by atoms with Crippen LogP contribution in [0.4, 0.5) is 5.69 Å². The number of aryl methyl sites for hydroxylation is 1. The van der Waals surface area contributed by atoms with E-state index in [1.807, 2.05) is 55.5 Å². The highest BCUT2D eigenvalue weighted by Crippen LogP contribution is 2.27. The summed E-state index contributed by atoms with van der Waals surface area (Å²) in [6, 6.07) is 15.5. The van der Waals surface area contributed by atoms with Gasteiger partial charge in [0.05, 0.1) is 0 Å². The molecule has 0 spiro atoms. The molecule has 1 unspecified atom stereocenters. The number of carbonyl (C=O) groups is 1. The van der Waals surface area contributed by atoms with Crippen molar-refractivity contribution in [3.05, 3.63) is 64.1 Å². The molecule has 2 aromatic carbocycles. The van der Waals surface area contributed by atoms with Crippen LogP contribution in [0.2, 0.25) is 0 Å². The normalized spacial score (nSPS) is 16.8. The lowest BCUT2D eigenvalue weighted by atomic mass is 10.0. The molecule has 0 saturated carbocycles. The van der Waals surface area contributed by atoms with Gasteiger partial charge < -0.3 is 10.2 Å². The number of hydrogen-bond donors (Lipinski definition) is 1. The van der Waals surface area contributed by atoms with Crippen LogP contribution >= 0.6 is 15.9 Å². The van der Waals surface area contributed by atoms with Crippen LogP contribution in [-0.2, 0) is 9.63 Å². The molecule has 1 aliphatic rings. The molecule has 0 radical (unpaired) electrons. The summed E-state index contributed by atoms with van der Waals surface area (Å²) in [5.74, 6) is -0.228. The Balaban J connectivity index is 1.65. The van der Waals surface area contributed by atoms with Crippen LogP contribution in [0.5, 0.6) is 0 Å². The number of halogens is 1. The van der Waals surface area contributed by atoms with Gasteiger partial charge >= 0.3 is 0 Å². The molecule has 0 bridgehead atoms. The van der Waals surface area contributed by atoms with E-state index >= 15 is 0 Å². The molecule has 22 heavy (non-hydrogen) atoms. The Morgan fingerprint density at radius 3 is 2.77 bits per heavy atom. The first-order valence-corrected chi connectivity index (χ1v) is 7.78. The van der Waals surface area contributed by atoms with Gasteiger partial charge in [0, 0.05) is 16.6 Å². The maximum absolute atomic E-state index is 12.3. The van der Waals surface area contributed by atoms with E-state index in [0.29, 0.717) is 12.1 Å². The number of oxime groups is 1. The van der Waals surface area contributed by atoms with Crippen molar-refractivity contribution in [1.82, 2.24) is 0 Å². The average Bonchev–Trinajstić information content (AvgIpc) is 3.02. The van der Waals surface area contributed by atoms with Crippen LogP contribution < -0.4 is 5.32 Å². The van der Waals surface area contributed by atoms with Gasteiger partial charge in [0.2, 0.25) is 0 Å². The smallest absolute Gasteiger partial charge is 0.273 e. The predicted molar refractivity (Wildman–Crippen MR) is 89.8 cm³/mol. The van der Waals surface area contributed by atoms with E-state index < -0.39 is 0 Å². The van der Waals surface area contributed by atoms with E-state index in [0.717, 1.165) is 21.3 Å². The van der Waals surface area contributed by atoms with Gasteiger partial charge in [-0.15, -0.1) is 0 Å². The third-order valence-electron chi connectivity index (χ3n) is 3.53. The number of benzene rings is 2. The van der Waals surface area contributed by atoms with Crippen molar-refractivity contribution in [1.29, 1.82) is 0 Å². The maximum Gasteiger partial charge on any atom is 0.273 e. The zero-order valence-electron chi connectivity index (χ0n) is 12.0. The van der Waals surface area contributed by atoms with Crippen LogP contribution in [-0.4, -0.2) is 11.6 Å². The molecule has 1 N–H and O–H groups in total. The van der Waals surface area contributed by atoms with Gasteiger partial charge in [-0.1, -0.05) is 57.5 Å². The lowest BCUT2D eigenvalue weighted by molar-refractivity contribution is -0.110. The monoisotopic (exact) mass is 358 g/mol. The Kier molecular flexibility index (Phi) is 4.24. The van der Waals surface area contributed by atoms with Crippen molar-refractivity contribution in [2.75, 3.05) is 5.32 Å². The Morgan fingerprint density at radius 2 is 2.05 bits per heavy atom. The fraction of sp³-hybridized carbons (Fsp3) is 0.176. The minimum Gasteiger partial charge on any atom is -0.387 e. The number of nitrogens with one attached hydrogen (secondary N) is 1. The minimum atomic E-state index is -0.228. The molecule has 1 heterocycles. The van der Waals surface area contributed by atoms with E-state index in [9.17, 15) is 4.79 Å². The van der Waals surface area contributed by atoms with Gasteiger partial charge in [-0.25, -0.2) is 0 Å². The van der Waals surface area contributed by atoms with Gasteiger partial charge in [-0.05, 0) is 30.2 Å². The first kappa shape index (κ1) is 14.8. The maximum atomic E-state index is 12.3. The number of rotatable bonds is 3. The molecule has 0 aromatic heterocycles. The molecule has 0 saturated heterocycles. The van der Waals surface area contributed by atoms with Crippen LogP contribution in [0.1, 0.15) is 23.7 Å². The SMILES string of the molecule is Cc1ccc(NC(=O)C2=NOC(c3ccccc3)C2)cc1Br. The molecule has 1 amide bonds. The lowest BCUT2D eigenvalue weighted by Gasteiger charge is -2.08. The summed E-state index contributed by atoms with van der Waals surface area (Å²) in [5, 5.41) is 6.77. The van der Waals surface area contributed by atoms with Crippen LogP contribution in [0, 0.1) is 6.92 Å². The summed E-state index contributed by atoms with van der Waals surface area (Å²) in [6.07, 6.45) is 0.287. The van der Waals surface area contributed by atoms with Crippen LogP contribution in [0.3, 0.4) is 0 Å². The number of nitrogens with zero attached hydrogens (tertiary/aromatic N) is 1. The number of carbonyl (C=O) groups excluding carboxylic acids is 1. The lowest BCUT2D eigenvalue weighted by Crippen LogP contribution is -2.21. The van der Waals surface area contributed by atoms with Crippen molar-refractivity contribution in [2.24, 2.45) is 5.16 Å². The molecule has 3 rings (SSSR count). The first-order valence-electron chi connectivity index (χ1n) is 6.98. The second kappa shape index (κ2) is 6.32. The molecule has 0 aliphatic carbocycles. The summed E-state index contributed by atoms with van der Waals surface area (Å²) >= 11 is 3.45. The molecule has 5 heteroatoms. The van der Waals surface area contributed by atoms with Crippen molar-refractivity contribution in [3.63, 3.8) is 0 Å². The Morgan fingerprint density at radius 1 is 1.27 bits per heavy atom. The average molecular weight is 359 g/mol. The number of amides is 1. The number of hydrogen-bond acceptors (Lipinski definition) is 3. The fourth-order valence-electron chi connectivity index (χ4n) is 2.23. The third kappa shape index (κ3) is 3.20. The molecule has 1 atom stereocenters. The highest BCUT2D eigenvalue weighted by Gasteiger charge is 2.27. The molecule has 1 aliphatic heterocycles. The second-order valence-electron chi connectivity index (χ2n) is 5.16. The largest absolute Gasteiger partial charge is 0.387 e. The van der Waals surface area contributed by atoms with Gasteiger partial charge in [0.1, 0.15) is 5.71 Å². The van der Waals surface area contributed by atoms with Gasteiger partial charge in [0.15, 0.2) is 6.10 Å². The summed E-state index contributed by atoms with van der Waals surface area (Å²) < 4.78 is 0.956. The molecule has 112 valence electrons. The van der Waals surface area contributed by atoms with Crippen molar-refractivity contribution in [3.8, 4) is 0 Å². The van der Waals surface area contributed by atoms with E-state index in [-0.39, 0.29) is 12.0 Å². The van der Waals surface area contributed by atoms with Gasteiger partial charge in [0.25, 0.3) is 5.91 Å². The molecular formula is C17H15BrN2O2. The van der Waals surface area contributed by atoms with E-state index in [4.69, 9.17) is 4.84 Å². The summed E-state index contributed by atoms with van der Waals surface area (Å²) in [6.45, 7) is 2.00. The zero-order chi connectivity index (χ0) is 15.5. The van der Waals surface area contributed by atoms with Crippen LogP contribution in [0.15, 0.2) is 58.2 Å². The zero-order valence-corrected chi connectivity index (χ0v) is 13.6. The quantitative estimate of drug-likeness (QED) is 0.892. The third-order valence-corrected chi connectivity index (χ3v) is 4.39. The van der Waals surface area contributed by atoms with Gasteiger partial charge in [-0.2, -0.15) is 0 Å². The van der Waals surface area contributed by atoms with E-state index in [2.05, 4.69) is 26.4 Å². The summed E-state index contributed by atoms with van der Waals surface area (Å²) in [7, 11) is 0. The van der Waals surface area contributed by atoms with Crippen molar-refractivity contribution in [2.45, 2.75) is 19.4 Å². The number of anilines is 1. The standard InChI is InChI=1S/C17H15BrN2O2/c1-11-7-8-13(9-14(11)18)19-17(21)15-10-16(22-20-15)12-5-3-2-4-6-12/h2-9,16H,10H2,1H3,(H,19,21). The first-order chi connectivity index (χ1) is 10.6. The summed E-state index contributed by atoms with van der Waals surface area (Å²) in [5.41, 5.74) is 3.27. The molecule has 2 aromatic rings. The fourth-order valence-corrected chi connectivity index (χ4v) is 2.61. The van der Waals surface area contributed by atoms with Crippen LogP contribution in [0.25, 0.3) is 0 Å². The second-order valence-corrected chi connectivity index (χ2v) is 6.02. The molecular weight excluding hydrogens is 344 g/mol. The summed E-state index contributed by atoms with van der Waals surface area (Å²) in [4.78, 5) is 17.6. The van der Waals surface area contributed by atoms with Gasteiger partial charge in [-0.3, -0.25) is 4.79 Å². The van der Waals surface area contributed by atoms with Crippen molar-refractivity contribution >= 4 is 33.2 Å². The van der Waals surface area contributed by atoms with E-state index in [1.165, 1.54) is 0 Å². The molecule has 0 fully saturated rings. The van der Waals surface area contributed by atoms with E-state index in [1.54, 1.807) is 0 Å². The Hall–Kier alpha value is -2.14. The predicted octanol–water partition coefficient (Wildman–Crippen LogP) is 4.21. The topological polar surface area (TPSA) is 50.7 Å². The van der Waals surface area contributed by atoms with Crippen molar-refractivity contribution < 1.29 is 9.63 Å². The Bertz CT molecular complexity index is 729.